The van der Waals surface area contributed by atoms with E-state index in [0.717, 1.165) is 17.1 Å². The van der Waals surface area contributed by atoms with E-state index in [1.54, 1.807) is 7.11 Å². The highest BCUT2D eigenvalue weighted by atomic mass is 32.2. The van der Waals surface area contributed by atoms with Crippen molar-refractivity contribution in [3.05, 3.63) is 54.3 Å². The Morgan fingerprint density at radius 3 is 2.41 bits per heavy atom. The lowest BCUT2D eigenvalue weighted by Gasteiger charge is -2.12. The van der Waals surface area contributed by atoms with Gasteiger partial charge in [0, 0.05) is 18.4 Å². The molecular formula is C19H20FN3O3S. The average molecular weight is 389 g/mol. The Morgan fingerprint density at radius 1 is 1.07 bits per heavy atom. The molecule has 0 amide bonds. The first-order valence-electron chi connectivity index (χ1n) is 8.30. The van der Waals surface area contributed by atoms with Gasteiger partial charge in [0.25, 0.3) is 0 Å². The van der Waals surface area contributed by atoms with Crippen LogP contribution in [-0.4, -0.2) is 45.4 Å². The molecule has 3 aromatic rings. The molecule has 1 aromatic heterocycles. The molecule has 1 heterocycles. The quantitative estimate of drug-likeness (QED) is 0.597. The van der Waals surface area contributed by atoms with Crippen LogP contribution in [-0.2, 0) is 7.05 Å². The molecule has 0 aliphatic carbocycles. The molecule has 0 radical (unpaired) electrons. The molecule has 6 nitrogen and oxygen atoms in total. The molecule has 0 aliphatic rings. The minimum atomic E-state index is -0.693. The first-order valence-corrected chi connectivity index (χ1v) is 9.28. The lowest BCUT2D eigenvalue weighted by molar-refractivity contribution is 0.126. The summed E-state index contributed by atoms with van der Waals surface area (Å²) in [6.07, 6.45) is -0.693. The van der Waals surface area contributed by atoms with E-state index < -0.39 is 6.10 Å². The largest absolute Gasteiger partial charge is 0.497 e. The molecule has 0 aliphatic heterocycles. The van der Waals surface area contributed by atoms with Crippen molar-refractivity contribution in [1.82, 2.24) is 14.8 Å². The highest BCUT2D eigenvalue weighted by Gasteiger charge is 2.14. The standard InChI is InChI=1S/C19H20FN3O3S/c1-23-18(13-3-7-16(25-2)8-4-13)21-22-19(23)27-12-15(24)11-26-17-9-5-14(20)6-10-17/h3-10,15,24H,11-12H2,1-2H3. The van der Waals surface area contributed by atoms with E-state index in [1.165, 1.54) is 36.0 Å². The van der Waals surface area contributed by atoms with Crippen molar-refractivity contribution in [2.75, 3.05) is 19.5 Å². The zero-order valence-corrected chi connectivity index (χ0v) is 15.8. The number of rotatable bonds is 8. The van der Waals surface area contributed by atoms with Gasteiger partial charge in [-0.2, -0.15) is 0 Å². The van der Waals surface area contributed by atoms with Crippen molar-refractivity contribution in [3.63, 3.8) is 0 Å². The minimum Gasteiger partial charge on any atom is -0.497 e. The van der Waals surface area contributed by atoms with Crippen molar-refractivity contribution in [2.24, 2.45) is 7.05 Å². The molecule has 0 bridgehead atoms. The second-order valence-electron chi connectivity index (χ2n) is 5.82. The second kappa shape index (κ2) is 8.88. The lowest BCUT2D eigenvalue weighted by atomic mass is 10.2. The molecule has 27 heavy (non-hydrogen) atoms. The van der Waals surface area contributed by atoms with Crippen molar-refractivity contribution in [2.45, 2.75) is 11.3 Å². The molecule has 3 rings (SSSR count). The number of aromatic nitrogens is 3. The van der Waals surface area contributed by atoms with Crippen LogP contribution in [0.1, 0.15) is 0 Å². The van der Waals surface area contributed by atoms with E-state index in [-0.39, 0.29) is 12.4 Å². The maximum absolute atomic E-state index is 12.9. The number of hydrogen-bond donors (Lipinski definition) is 1. The number of ether oxygens (including phenoxy) is 2. The number of nitrogens with zero attached hydrogens (tertiary/aromatic N) is 3. The Balaban J connectivity index is 1.54. The topological polar surface area (TPSA) is 69.4 Å². The Labute approximate surface area is 161 Å². The van der Waals surface area contributed by atoms with Crippen molar-refractivity contribution in [3.8, 4) is 22.9 Å². The zero-order chi connectivity index (χ0) is 19.2. The lowest BCUT2D eigenvalue weighted by Crippen LogP contribution is -2.20. The molecule has 0 spiro atoms. The van der Waals surface area contributed by atoms with E-state index in [1.807, 2.05) is 35.9 Å². The summed E-state index contributed by atoms with van der Waals surface area (Å²) in [5.41, 5.74) is 0.929. The molecule has 0 saturated heterocycles. The van der Waals surface area contributed by atoms with Gasteiger partial charge >= 0.3 is 0 Å². The van der Waals surface area contributed by atoms with Crippen LogP contribution >= 0.6 is 11.8 Å². The first kappa shape index (κ1) is 19.2. The number of aliphatic hydroxyl groups is 1. The summed E-state index contributed by atoms with van der Waals surface area (Å²) in [7, 11) is 3.50. The van der Waals surface area contributed by atoms with Gasteiger partial charge in [0.15, 0.2) is 11.0 Å². The van der Waals surface area contributed by atoms with Gasteiger partial charge in [-0.1, -0.05) is 11.8 Å². The first-order chi connectivity index (χ1) is 13.1. The molecular weight excluding hydrogens is 369 g/mol. The number of benzene rings is 2. The van der Waals surface area contributed by atoms with Crippen LogP contribution in [0.3, 0.4) is 0 Å². The third-order valence-corrected chi connectivity index (χ3v) is 5.01. The van der Waals surface area contributed by atoms with E-state index in [9.17, 15) is 9.50 Å². The van der Waals surface area contributed by atoms with Crippen molar-refractivity contribution >= 4 is 11.8 Å². The van der Waals surface area contributed by atoms with Crippen LogP contribution in [0, 0.1) is 5.82 Å². The minimum absolute atomic E-state index is 0.113. The molecule has 0 saturated carbocycles. The summed E-state index contributed by atoms with van der Waals surface area (Å²) in [4.78, 5) is 0. The van der Waals surface area contributed by atoms with Crippen LogP contribution in [0.25, 0.3) is 11.4 Å². The molecule has 1 unspecified atom stereocenters. The Morgan fingerprint density at radius 2 is 1.74 bits per heavy atom. The Kier molecular flexibility index (Phi) is 6.31. The van der Waals surface area contributed by atoms with E-state index >= 15 is 0 Å². The van der Waals surface area contributed by atoms with Crippen LogP contribution in [0.4, 0.5) is 4.39 Å². The van der Waals surface area contributed by atoms with Gasteiger partial charge in [-0.15, -0.1) is 10.2 Å². The zero-order valence-electron chi connectivity index (χ0n) is 15.0. The van der Waals surface area contributed by atoms with E-state index in [0.29, 0.717) is 16.7 Å². The van der Waals surface area contributed by atoms with Gasteiger partial charge in [-0.25, -0.2) is 4.39 Å². The summed E-state index contributed by atoms with van der Waals surface area (Å²) in [5, 5.41) is 19.2. The smallest absolute Gasteiger partial charge is 0.191 e. The maximum Gasteiger partial charge on any atom is 0.191 e. The molecule has 1 atom stereocenters. The number of thioether (sulfide) groups is 1. The van der Waals surface area contributed by atoms with Crippen molar-refractivity contribution < 1.29 is 19.0 Å². The van der Waals surface area contributed by atoms with Gasteiger partial charge in [-0.3, -0.25) is 0 Å². The number of aliphatic hydroxyl groups excluding tert-OH is 1. The SMILES string of the molecule is COc1ccc(-c2nnc(SCC(O)COc3ccc(F)cc3)n2C)cc1. The predicted molar refractivity (Wildman–Crippen MR) is 102 cm³/mol. The summed E-state index contributed by atoms with van der Waals surface area (Å²) in [6.45, 7) is 0.113. The fraction of sp³-hybridized carbons (Fsp3) is 0.263. The van der Waals surface area contributed by atoms with Gasteiger partial charge in [0.05, 0.1) is 13.2 Å². The van der Waals surface area contributed by atoms with Gasteiger partial charge in [0.1, 0.15) is 23.9 Å². The van der Waals surface area contributed by atoms with Crippen LogP contribution in [0.2, 0.25) is 0 Å². The average Bonchev–Trinajstić information content (AvgIpc) is 3.06. The van der Waals surface area contributed by atoms with E-state index in [4.69, 9.17) is 9.47 Å². The van der Waals surface area contributed by atoms with Crippen LogP contribution < -0.4 is 9.47 Å². The van der Waals surface area contributed by atoms with Gasteiger partial charge in [-0.05, 0) is 48.5 Å². The third kappa shape index (κ3) is 4.99. The molecule has 8 heteroatoms. The van der Waals surface area contributed by atoms with Crippen LogP contribution in [0.5, 0.6) is 11.5 Å². The Hall–Kier alpha value is -2.58. The predicted octanol–water partition coefficient (Wildman–Crippen LogP) is 3.16. The molecule has 2 aromatic carbocycles. The second-order valence-corrected chi connectivity index (χ2v) is 6.81. The number of methoxy groups -OCH3 is 1. The maximum atomic E-state index is 12.9. The van der Waals surface area contributed by atoms with Gasteiger partial charge < -0.3 is 19.1 Å². The fourth-order valence-electron chi connectivity index (χ4n) is 2.37. The molecule has 142 valence electrons. The molecule has 0 fully saturated rings. The van der Waals surface area contributed by atoms with E-state index in [2.05, 4.69) is 10.2 Å². The van der Waals surface area contributed by atoms with Crippen molar-refractivity contribution in [1.29, 1.82) is 0 Å². The van der Waals surface area contributed by atoms with Crippen LogP contribution in [0.15, 0.2) is 53.7 Å². The summed E-state index contributed by atoms with van der Waals surface area (Å²) in [6, 6.07) is 13.3. The summed E-state index contributed by atoms with van der Waals surface area (Å²) in [5.74, 6) is 2.10. The van der Waals surface area contributed by atoms with Gasteiger partial charge in [0.2, 0.25) is 0 Å². The summed E-state index contributed by atoms with van der Waals surface area (Å²) < 4.78 is 25.4. The summed E-state index contributed by atoms with van der Waals surface area (Å²) >= 11 is 1.39. The third-order valence-electron chi connectivity index (χ3n) is 3.84. The number of hydrogen-bond acceptors (Lipinski definition) is 6. The highest BCUT2D eigenvalue weighted by Crippen LogP contribution is 2.25. The monoisotopic (exact) mass is 389 g/mol. The molecule has 1 N–H and O–H groups in total. The normalized spacial score (nSPS) is 12.0. The fourth-order valence-corrected chi connectivity index (χ4v) is 3.19. The number of halogens is 1. The Bertz CT molecular complexity index is 869. The highest BCUT2D eigenvalue weighted by molar-refractivity contribution is 7.99.